The van der Waals surface area contributed by atoms with Crippen molar-refractivity contribution in [1.82, 2.24) is 0 Å². The Morgan fingerprint density at radius 3 is 1.89 bits per heavy atom. The molecule has 6 heteroatoms. The average molecular weight is 279 g/mol. The fourth-order valence-electron chi connectivity index (χ4n) is 1.53. The van der Waals surface area contributed by atoms with Crippen LogP contribution in [0.15, 0.2) is 52.3 Å². The van der Waals surface area contributed by atoms with Gasteiger partial charge in [0.15, 0.2) is 0 Å². The molecule has 0 unspecified atom stereocenters. The number of nitrogens with zero attached hydrogens (tertiary/aromatic N) is 1. The van der Waals surface area contributed by atoms with Gasteiger partial charge in [-0.3, -0.25) is 0 Å². The number of rotatable bonds is 2. The lowest BCUT2D eigenvalue weighted by Gasteiger charge is -2.05. The van der Waals surface area contributed by atoms with Crippen LogP contribution >= 0.6 is 0 Å². The van der Waals surface area contributed by atoms with Crippen LogP contribution in [0.1, 0.15) is 5.56 Å². The lowest BCUT2D eigenvalue weighted by atomic mass is 10.2. The fraction of sp³-hybridized carbons (Fsp3) is 0. The molecular formula is C13H7F2NO2S. The molecule has 0 aliphatic rings. The van der Waals surface area contributed by atoms with E-state index in [4.69, 9.17) is 5.26 Å². The van der Waals surface area contributed by atoms with Crippen LogP contribution in [-0.2, 0) is 9.84 Å². The second-order valence-corrected chi connectivity index (χ2v) is 5.69. The third-order valence-corrected chi connectivity index (χ3v) is 4.19. The molecule has 0 saturated carbocycles. The number of nitriles is 1. The van der Waals surface area contributed by atoms with Crippen LogP contribution in [0.25, 0.3) is 0 Å². The Morgan fingerprint density at radius 1 is 0.895 bits per heavy atom. The zero-order valence-electron chi connectivity index (χ0n) is 9.47. The van der Waals surface area contributed by atoms with Crippen LogP contribution in [0.2, 0.25) is 0 Å². The maximum Gasteiger partial charge on any atom is 0.206 e. The molecule has 0 spiro atoms. The van der Waals surface area contributed by atoms with Gasteiger partial charge in [-0.1, -0.05) is 0 Å². The van der Waals surface area contributed by atoms with Crippen molar-refractivity contribution in [2.24, 2.45) is 0 Å². The highest BCUT2D eigenvalue weighted by atomic mass is 32.2. The third kappa shape index (κ3) is 2.61. The quantitative estimate of drug-likeness (QED) is 0.849. The molecule has 2 aromatic carbocycles. The van der Waals surface area contributed by atoms with Crippen molar-refractivity contribution in [2.75, 3.05) is 0 Å². The van der Waals surface area contributed by atoms with E-state index in [0.29, 0.717) is 11.6 Å². The molecule has 2 rings (SSSR count). The minimum atomic E-state index is -4.00. The van der Waals surface area contributed by atoms with Crippen molar-refractivity contribution in [3.8, 4) is 6.07 Å². The van der Waals surface area contributed by atoms with Gasteiger partial charge in [-0.2, -0.15) is 5.26 Å². The zero-order valence-corrected chi connectivity index (χ0v) is 10.3. The van der Waals surface area contributed by atoms with E-state index in [-0.39, 0.29) is 4.90 Å². The van der Waals surface area contributed by atoms with Gasteiger partial charge in [0.25, 0.3) is 0 Å². The van der Waals surface area contributed by atoms with E-state index >= 15 is 0 Å². The average Bonchev–Trinajstić information content (AvgIpc) is 2.37. The normalized spacial score (nSPS) is 11.0. The lowest BCUT2D eigenvalue weighted by Crippen LogP contribution is -2.03. The Morgan fingerprint density at radius 2 is 1.42 bits per heavy atom. The summed E-state index contributed by atoms with van der Waals surface area (Å²) in [5, 5.41) is 8.62. The number of hydrogen-bond donors (Lipinski definition) is 0. The number of sulfone groups is 1. The summed E-state index contributed by atoms with van der Waals surface area (Å²) in [6.07, 6.45) is 0. The number of benzene rings is 2. The van der Waals surface area contributed by atoms with Crippen molar-refractivity contribution in [3.05, 3.63) is 59.7 Å². The van der Waals surface area contributed by atoms with Crippen LogP contribution in [-0.4, -0.2) is 8.42 Å². The Hall–Kier alpha value is -2.26. The van der Waals surface area contributed by atoms with Crippen LogP contribution in [0.5, 0.6) is 0 Å². The first-order chi connectivity index (χ1) is 8.93. The first kappa shape index (κ1) is 13.2. The van der Waals surface area contributed by atoms with E-state index < -0.39 is 26.4 Å². The van der Waals surface area contributed by atoms with Gasteiger partial charge < -0.3 is 0 Å². The lowest BCUT2D eigenvalue weighted by molar-refractivity contribution is 0.567. The summed E-state index contributed by atoms with van der Waals surface area (Å²) in [4.78, 5) is -0.591. The van der Waals surface area contributed by atoms with Crippen molar-refractivity contribution in [1.29, 1.82) is 5.26 Å². The third-order valence-electron chi connectivity index (χ3n) is 2.44. The highest BCUT2D eigenvalue weighted by Gasteiger charge is 2.19. The van der Waals surface area contributed by atoms with E-state index in [1.54, 1.807) is 0 Å². The van der Waals surface area contributed by atoms with Crippen LogP contribution in [0.4, 0.5) is 8.78 Å². The van der Waals surface area contributed by atoms with Crippen molar-refractivity contribution in [3.63, 3.8) is 0 Å². The summed E-state index contributed by atoms with van der Waals surface area (Å²) in [5.41, 5.74) is 0.296. The molecule has 0 aromatic heterocycles. The summed E-state index contributed by atoms with van der Waals surface area (Å²) >= 11 is 0. The summed E-state index contributed by atoms with van der Waals surface area (Å²) in [6.45, 7) is 0. The van der Waals surface area contributed by atoms with Gasteiger partial charge in [-0.25, -0.2) is 17.2 Å². The van der Waals surface area contributed by atoms with Crippen LogP contribution < -0.4 is 0 Å². The molecule has 0 saturated heterocycles. The molecule has 0 aliphatic carbocycles. The maximum atomic E-state index is 13.0. The van der Waals surface area contributed by atoms with E-state index in [2.05, 4.69) is 0 Å². The van der Waals surface area contributed by atoms with E-state index in [1.165, 1.54) is 24.3 Å². The first-order valence-electron chi connectivity index (χ1n) is 5.15. The highest BCUT2D eigenvalue weighted by molar-refractivity contribution is 7.91. The van der Waals surface area contributed by atoms with Gasteiger partial charge in [0, 0.05) is 6.07 Å². The molecule has 19 heavy (non-hydrogen) atoms. The molecule has 2 aromatic rings. The predicted molar refractivity (Wildman–Crippen MR) is 63.0 cm³/mol. The Bertz CT molecular complexity index is 742. The number of hydrogen-bond acceptors (Lipinski definition) is 3. The molecule has 0 aliphatic heterocycles. The minimum absolute atomic E-state index is 0.128. The number of halogens is 2. The topological polar surface area (TPSA) is 57.9 Å². The Labute approximate surface area is 108 Å². The Kier molecular flexibility index (Phi) is 3.32. The van der Waals surface area contributed by atoms with Crippen molar-refractivity contribution in [2.45, 2.75) is 9.79 Å². The Balaban J connectivity index is 2.55. The smallest absolute Gasteiger partial charge is 0.206 e. The molecule has 3 nitrogen and oxygen atoms in total. The molecule has 0 amide bonds. The summed E-state index contributed by atoms with van der Waals surface area (Å²) in [7, 11) is -4.00. The minimum Gasteiger partial charge on any atom is -0.219 e. The monoisotopic (exact) mass is 279 g/mol. The molecule has 0 bridgehead atoms. The van der Waals surface area contributed by atoms with Crippen molar-refractivity contribution < 1.29 is 17.2 Å². The maximum absolute atomic E-state index is 13.0. The predicted octanol–water partition coefficient (Wildman–Crippen LogP) is 2.67. The van der Waals surface area contributed by atoms with Crippen LogP contribution in [0, 0.1) is 23.0 Å². The van der Waals surface area contributed by atoms with E-state index in [1.807, 2.05) is 6.07 Å². The second-order valence-electron chi connectivity index (χ2n) is 3.74. The fourth-order valence-corrected chi connectivity index (χ4v) is 2.83. The van der Waals surface area contributed by atoms with Crippen molar-refractivity contribution >= 4 is 9.84 Å². The molecular weight excluding hydrogens is 272 g/mol. The van der Waals surface area contributed by atoms with E-state index in [0.717, 1.165) is 12.1 Å². The van der Waals surface area contributed by atoms with Gasteiger partial charge in [-0.15, -0.1) is 0 Å². The molecule has 0 atom stereocenters. The molecule has 0 N–H and O–H groups in total. The summed E-state index contributed by atoms with van der Waals surface area (Å²) < 4.78 is 50.3. The van der Waals surface area contributed by atoms with E-state index in [9.17, 15) is 17.2 Å². The zero-order chi connectivity index (χ0) is 14.0. The van der Waals surface area contributed by atoms with Gasteiger partial charge in [0.05, 0.1) is 21.4 Å². The van der Waals surface area contributed by atoms with Gasteiger partial charge in [0.1, 0.15) is 11.6 Å². The standard InChI is InChI=1S/C13H7F2NO2S/c14-10-5-11(15)7-13(6-10)19(17,18)12-3-1-9(8-16)2-4-12/h1-7H. The second kappa shape index (κ2) is 4.78. The summed E-state index contributed by atoms with van der Waals surface area (Å²) in [5.74, 6) is -1.93. The van der Waals surface area contributed by atoms with Crippen LogP contribution in [0.3, 0.4) is 0 Å². The summed E-state index contributed by atoms with van der Waals surface area (Å²) in [6, 6.07) is 9.02. The van der Waals surface area contributed by atoms with Gasteiger partial charge >= 0.3 is 0 Å². The largest absolute Gasteiger partial charge is 0.219 e. The first-order valence-corrected chi connectivity index (χ1v) is 6.63. The SMILES string of the molecule is N#Cc1ccc(S(=O)(=O)c2cc(F)cc(F)c2)cc1. The molecule has 0 fully saturated rings. The van der Waals surface area contributed by atoms with Gasteiger partial charge in [-0.05, 0) is 36.4 Å². The molecule has 0 heterocycles. The molecule has 0 radical (unpaired) electrons. The molecule has 96 valence electrons. The van der Waals surface area contributed by atoms with Gasteiger partial charge in [0.2, 0.25) is 9.84 Å². The highest BCUT2D eigenvalue weighted by Crippen LogP contribution is 2.22.